The molecule has 0 aliphatic carbocycles. The number of non-ortho nitro benzene ring substituents is 2. The fourth-order valence-electron chi connectivity index (χ4n) is 2.08. The molecule has 0 aliphatic rings. The van der Waals surface area contributed by atoms with Crippen LogP contribution in [-0.2, 0) is 14.8 Å². The van der Waals surface area contributed by atoms with Crippen LogP contribution in [0.5, 0.6) is 0 Å². The van der Waals surface area contributed by atoms with Gasteiger partial charge in [0.2, 0.25) is 15.9 Å². The summed E-state index contributed by atoms with van der Waals surface area (Å²) in [5.41, 5.74) is 2.21. The lowest BCUT2D eigenvalue weighted by Crippen LogP contribution is -2.29. The number of sulfonamides is 1. The lowest BCUT2D eigenvalue weighted by Gasteiger charge is -2.06. The summed E-state index contributed by atoms with van der Waals surface area (Å²) in [4.78, 5) is 31.6. The van der Waals surface area contributed by atoms with E-state index in [0.29, 0.717) is 5.56 Å². The Kier molecular flexibility index (Phi) is 7.05. The number of amides is 1. The van der Waals surface area contributed by atoms with Gasteiger partial charge in [-0.15, -0.1) is 0 Å². The van der Waals surface area contributed by atoms with Crippen molar-refractivity contribution in [3.63, 3.8) is 0 Å². The van der Waals surface area contributed by atoms with Crippen LogP contribution < -0.4 is 10.1 Å². The molecule has 29 heavy (non-hydrogen) atoms. The lowest BCUT2D eigenvalue weighted by atomic mass is 10.2. The summed E-state index contributed by atoms with van der Waals surface area (Å²) < 4.78 is 26.4. The second-order valence-electron chi connectivity index (χ2n) is 5.54. The molecule has 2 aromatic rings. The minimum absolute atomic E-state index is 0.124. The topological polar surface area (TPSA) is 174 Å². The van der Waals surface area contributed by atoms with Gasteiger partial charge in [0.05, 0.1) is 21.0 Å². The number of carbonyl (C=O) groups is 1. The van der Waals surface area contributed by atoms with Crippen molar-refractivity contribution in [1.29, 1.82) is 0 Å². The van der Waals surface area contributed by atoms with Gasteiger partial charge in [0, 0.05) is 42.8 Å². The minimum Gasteiger partial charge on any atom is -0.273 e. The molecule has 2 aromatic carbocycles. The lowest BCUT2D eigenvalue weighted by molar-refractivity contribution is -0.385. The van der Waals surface area contributed by atoms with Crippen LogP contribution in [0.15, 0.2) is 58.5 Å². The third-order valence-corrected chi connectivity index (χ3v) is 4.96. The maximum atomic E-state index is 12.1. The zero-order chi connectivity index (χ0) is 21.4. The van der Waals surface area contributed by atoms with Gasteiger partial charge >= 0.3 is 0 Å². The number of hydrazone groups is 1. The van der Waals surface area contributed by atoms with Crippen molar-refractivity contribution in [3.8, 4) is 0 Å². The van der Waals surface area contributed by atoms with Crippen molar-refractivity contribution in [2.45, 2.75) is 11.3 Å². The van der Waals surface area contributed by atoms with E-state index in [9.17, 15) is 33.4 Å². The van der Waals surface area contributed by atoms with Gasteiger partial charge in [-0.3, -0.25) is 25.0 Å². The van der Waals surface area contributed by atoms with E-state index in [1.54, 1.807) is 6.07 Å². The number of nitrogens with zero attached hydrogens (tertiary/aromatic N) is 3. The van der Waals surface area contributed by atoms with Gasteiger partial charge < -0.3 is 0 Å². The molecule has 152 valence electrons. The number of hydrogen-bond donors (Lipinski definition) is 2. The second kappa shape index (κ2) is 9.48. The van der Waals surface area contributed by atoms with Crippen LogP contribution in [-0.4, -0.2) is 36.9 Å². The molecule has 12 nitrogen and oxygen atoms in total. The molecule has 0 aliphatic heterocycles. The highest BCUT2D eigenvalue weighted by Crippen LogP contribution is 2.15. The van der Waals surface area contributed by atoms with Crippen LogP contribution in [0.3, 0.4) is 0 Å². The molecule has 0 saturated heterocycles. The summed E-state index contributed by atoms with van der Waals surface area (Å²) in [6, 6.07) is 9.90. The van der Waals surface area contributed by atoms with E-state index in [2.05, 4.69) is 15.2 Å². The summed E-state index contributed by atoms with van der Waals surface area (Å²) in [5, 5.41) is 24.9. The van der Waals surface area contributed by atoms with E-state index >= 15 is 0 Å². The molecule has 0 heterocycles. The van der Waals surface area contributed by atoms with Gasteiger partial charge in [0.15, 0.2) is 0 Å². The molecule has 0 fully saturated rings. The van der Waals surface area contributed by atoms with Crippen LogP contribution in [0.25, 0.3) is 0 Å². The van der Waals surface area contributed by atoms with Gasteiger partial charge in [-0.25, -0.2) is 18.6 Å². The van der Waals surface area contributed by atoms with E-state index < -0.39 is 25.8 Å². The zero-order valence-electron chi connectivity index (χ0n) is 14.7. The van der Waals surface area contributed by atoms with Gasteiger partial charge in [0.25, 0.3) is 11.4 Å². The van der Waals surface area contributed by atoms with E-state index in [-0.39, 0.29) is 29.2 Å². The van der Waals surface area contributed by atoms with Gasteiger partial charge in [-0.05, 0) is 12.1 Å². The molecule has 1 amide bonds. The first-order valence-corrected chi connectivity index (χ1v) is 9.48. The van der Waals surface area contributed by atoms with Crippen molar-refractivity contribution in [3.05, 3.63) is 74.3 Å². The molecular weight excluding hydrogens is 406 g/mol. The van der Waals surface area contributed by atoms with Gasteiger partial charge in [0.1, 0.15) is 0 Å². The Morgan fingerprint density at radius 3 is 2.31 bits per heavy atom. The summed E-state index contributed by atoms with van der Waals surface area (Å²) in [6.07, 6.45) is 0.991. The maximum Gasteiger partial charge on any atom is 0.270 e. The van der Waals surface area contributed by atoms with Crippen LogP contribution in [0.2, 0.25) is 0 Å². The molecule has 0 unspecified atom stereocenters. The number of hydrogen-bond acceptors (Lipinski definition) is 8. The Morgan fingerprint density at radius 1 is 1.03 bits per heavy atom. The van der Waals surface area contributed by atoms with Crippen molar-refractivity contribution in [2.75, 3.05) is 6.54 Å². The standard InChI is InChI=1S/C16H15N5O7S/c22-16(19-17-11-12-2-1-3-14(10-12)21(25)26)8-9-18-29(27,28)15-6-4-13(5-7-15)20(23)24/h1-7,10-11,18H,8-9H2,(H,19,22)/b17-11+. The van der Waals surface area contributed by atoms with Crippen LogP contribution in [0.4, 0.5) is 11.4 Å². The average Bonchev–Trinajstić information content (AvgIpc) is 2.68. The minimum atomic E-state index is -3.93. The monoisotopic (exact) mass is 421 g/mol. The smallest absolute Gasteiger partial charge is 0.270 e. The predicted molar refractivity (Wildman–Crippen MR) is 102 cm³/mol. The molecule has 2 N–H and O–H groups in total. The fourth-order valence-corrected chi connectivity index (χ4v) is 3.11. The van der Waals surface area contributed by atoms with E-state index in [0.717, 1.165) is 24.3 Å². The highest BCUT2D eigenvalue weighted by molar-refractivity contribution is 7.89. The van der Waals surface area contributed by atoms with Gasteiger partial charge in [-0.1, -0.05) is 12.1 Å². The first kappa shape index (κ1) is 21.6. The predicted octanol–water partition coefficient (Wildman–Crippen LogP) is 1.32. The van der Waals surface area contributed by atoms with Crippen molar-refractivity contribution in [2.24, 2.45) is 5.10 Å². The number of nitrogens with one attached hydrogen (secondary N) is 2. The van der Waals surface area contributed by atoms with Crippen LogP contribution in [0, 0.1) is 20.2 Å². The third kappa shape index (κ3) is 6.44. The second-order valence-corrected chi connectivity index (χ2v) is 7.31. The number of nitro benzene ring substituents is 2. The van der Waals surface area contributed by atoms with E-state index in [1.807, 2.05) is 0 Å². The number of carbonyl (C=O) groups excluding carboxylic acids is 1. The summed E-state index contributed by atoms with van der Waals surface area (Å²) >= 11 is 0. The number of nitro groups is 2. The highest BCUT2D eigenvalue weighted by Gasteiger charge is 2.16. The van der Waals surface area contributed by atoms with Crippen molar-refractivity contribution < 1.29 is 23.1 Å². The Bertz CT molecular complexity index is 1050. The third-order valence-electron chi connectivity index (χ3n) is 3.49. The van der Waals surface area contributed by atoms with E-state index in [4.69, 9.17) is 0 Å². The molecule has 2 rings (SSSR count). The molecule has 0 spiro atoms. The highest BCUT2D eigenvalue weighted by atomic mass is 32.2. The van der Waals surface area contributed by atoms with Crippen molar-refractivity contribution >= 4 is 33.5 Å². The number of rotatable bonds is 9. The Labute approximate surface area is 164 Å². The molecule has 0 bridgehead atoms. The normalized spacial score (nSPS) is 11.3. The van der Waals surface area contributed by atoms with Crippen LogP contribution >= 0.6 is 0 Å². The average molecular weight is 421 g/mol. The summed E-state index contributed by atoms with van der Waals surface area (Å²) in [6.45, 7) is -0.225. The quantitative estimate of drug-likeness (QED) is 0.349. The largest absolute Gasteiger partial charge is 0.273 e. The first-order valence-electron chi connectivity index (χ1n) is 7.99. The Morgan fingerprint density at radius 2 is 1.69 bits per heavy atom. The first-order chi connectivity index (χ1) is 13.7. The molecule has 0 aromatic heterocycles. The molecule has 13 heteroatoms. The Hall–Kier alpha value is -3.71. The van der Waals surface area contributed by atoms with E-state index in [1.165, 1.54) is 24.4 Å². The molecule has 0 atom stereocenters. The van der Waals surface area contributed by atoms with Gasteiger partial charge in [-0.2, -0.15) is 5.10 Å². The van der Waals surface area contributed by atoms with Crippen LogP contribution in [0.1, 0.15) is 12.0 Å². The zero-order valence-corrected chi connectivity index (χ0v) is 15.5. The SMILES string of the molecule is O=C(CCNS(=O)(=O)c1ccc([N+](=O)[O-])cc1)N/N=C/c1cccc([N+](=O)[O-])c1. The molecule has 0 radical (unpaired) electrons. The summed E-state index contributed by atoms with van der Waals surface area (Å²) in [5.74, 6) is -0.585. The number of benzene rings is 2. The van der Waals surface area contributed by atoms with Crippen molar-refractivity contribution in [1.82, 2.24) is 10.1 Å². The molecule has 0 saturated carbocycles. The summed E-state index contributed by atoms with van der Waals surface area (Å²) in [7, 11) is -3.93. The molecular formula is C16H15N5O7S. The Balaban J connectivity index is 1.83. The maximum absolute atomic E-state index is 12.1. The fraction of sp³-hybridized carbons (Fsp3) is 0.125.